The third-order valence-corrected chi connectivity index (χ3v) is 3.12. The number of morpholine rings is 1. The van der Waals surface area contributed by atoms with Gasteiger partial charge in [-0.1, -0.05) is 20.8 Å². The highest BCUT2D eigenvalue weighted by Gasteiger charge is 2.26. The van der Waals surface area contributed by atoms with Crippen molar-refractivity contribution in [2.45, 2.75) is 45.3 Å². The first kappa shape index (κ1) is 14.4. The van der Waals surface area contributed by atoms with E-state index >= 15 is 0 Å². The van der Waals surface area contributed by atoms with Crippen molar-refractivity contribution in [1.29, 1.82) is 0 Å². The maximum absolute atomic E-state index is 11.4. The molecule has 0 spiro atoms. The average Bonchev–Trinajstić information content (AvgIpc) is 2.28. The quantitative estimate of drug-likeness (QED) is 0.686. The standard InChI is InChI=1S/C12H25N3O2/c1-4-10-8-17-6-5-15(10)7-11(12(13)16)14-9(2)3/h9-11,14H,4-8H2,1-3H3,(H2,13,16). The largest absolute Gasteiger partial charge is 0.378 e. The molecule has 1 aliphatic heterocycles. The predicted molar refractivity (Wildman–Crippen MR) is 67.7 cm³/mol. The van der Waals surface area contributed by atoms with E-state index in [1.54, 1.807) is 0 Å². The minimum Gasteiger partial charge on any atom is -0.378 e. The van der Waals surface area contributed by atoms with Crippen molar-refractivity contribution in [3.8, 4) is 0 Å². The minimum absolute atomic E-state index is 0.258. The summed E-state index contributed by atoms with van der Waals surface area (Å²) in [5.41, 5.74) is 5.43. The number of primary amides is 1. The van der Waals surface area contributed by atoms with Crippen molar-refractivity contribution in [2.75, 3.05) is 26.3 Å². The van der Waals surface area contributed by atoms with Crippen LogP contribution in [0.2, 0.25) is 0 Å². The van der Waals surface area contributed by atoms with E-state index in [2.05, 4.69) is 17.1 Å². The van der Waals surface area contributed by atoms with Crippen LogP contribution in [0.25, 0.3) is 0 Å². The lowest BCUT2D eigenvalue weighted by molar-refractivity contribution is -0.121. The van der Waals surface area contributed by atoms with Crippen molar-refractivity contribution < 1.29 is 9.53 Å². The van der Waals surface area contributed by atoms with Gasteiger partial charge in [-0.05, 0) is 6.42 Å². The van der Waals surface area contributed by atoms with Gasteiger partial charge in [0.05, 0.1) is 19.3 Å². The zero-order valence-electron chi connectivity index (χ0n) is 11.1. The van der Waals surface area contributed by atoms with Crippen molar-refractivity contribution in [2.24, 2.45) is 5.73 Å². The van der Waals surface area contributed by atoms with Crippen molar-refractivity contribution in [1.82, 2.24) is 10.2 Å². The molecule has 0 bridgehead atoms. The van der Waals surface area contributed by atoms with Crippen molar-refractivity contribution in [3.05, 3.63) is 0 Å². The van der Waals surface area contributed by atoms with Crippen LogP contribution in [-0.2, 0) is 9.53 Å². The molecule has 1 rings (SSSR count). The summed E-state index contributed by atoms with van der Waals surface area (Å²) in [6.45, 7) is 9.23. The highest BCUT2D eigenvalue weighted by molar-refractivity contribution is 5.80. The molecule has 100 valence electrons. The van der Waals surface area contributed by atoms with Crippen LogP contribution in [0.3, 0.4) is 0 Å². The van der Waals surface area contributed by atoms with E-state index in [1.165, 1.54) is 0 Å². The van der Waals surface area contributed by atoms with Crippen LogP contribution < -0.4 is 11.1 Å². The van der Waals surface area contributed by atoms with Gasteiger partial charge in [0.15, 0.2) is 0 Å². The zero-order valence-corrected chi connectivity index (χ0v) is 11.1. The summed E-state index contributed by atoms with van der Waals surface area (Å²) in [7, 11) is 0. The zero-order chi connectivity index (χ0) is 12.8. The second kappa shape index (κ2) is 6.93. The van der Waals surface area contributed by atoms with Crippen LogP contribution in [0, 0.1) is 0 Å². The molecule has 5 nitrogen and oxygen atoms in total. The van der Waals surface area contributed by atoms with Gasteiger partial charge in [0, 0.05) is 25.2 Å². The van der Waals surface area contributed by atoms with Crippen LogP contribution in [0.1, 0.15) is 27.2 Å². The van der Waals surface area contributed by atoms with E-state index in [-0.39, 0.29) is 18.0 Å². The molecule has 0 saturated carbocycles. The number of nitrogens with zero attached hydrogens (tertiary/aromatic N) is 1. The Kier molecular flexibility index (Phi) is 5.88. The van der Waals surface area contributed by atoms with Crippen LogP contribution in [0.5, 0.6) is 0 Å². The molecule has 0 radical (unpaired) electrons. The average molecular weight is 243 g/mol. The molecule has 5 heteroatoms. The summed E-state index contributed by atoms with van der Waals surface area (Å²) < 4.78 is 5.45. The Morgan fingerprint density at radius 2 is 2.29 bits per heavy atom. The van der Waals surface area contributed by atoms with Gasteiger partial charge >= 0.3 is 0 Å². The smallest absolute Gasteiger partial charge is 0.235 e. The Labute approximate surface area is 104 Å². The first-order chi connectivity index (χ1) is 8.04. The summed E-state index contributed by atoms with van der Waals surface area (Å²) >= 11 is 0. The monoisotopic (exact) mass is 243 g/mol. The predicted octanol–water partition coefficient (Wildman–Crippen LogP) is -0.0509. The van der Waals surface area contributed by atoms with Crippen LogP contribution in [-0.4, -0.2) is 55.2 Å². The summed E-state index contributed by atoms with van der Waals surface area (Å²) in [6.07, 6.45) is 1.03. The van der Waals surface area contributed by atoms with Crippen LogP contribution in [0.15, 0.2) is 0 Å². The maximum Gasteiger partial charge on any atom is 0.235 e. The van der Waals surface area contributed by atoms with Gasteiger partial charge in [-0.2, -0.15) is 0 Å². The van der Waals surface area contributed by atoms with Crippen LogP contribution in [0.4, 0.5) is 0 Å². The first-order valence-electron chi connectivity index (χ1n) is 6.41. The second-order valence-corrected chi connectivity index (χ2v) is 4.91. The molecule has 1 amide bonds. The summed E-state index contributed by atoms with van der Waals surface area (Å²) in [6, 6.07) is 0.385. The van der Waals surface area contributed by atoms with E-state index in [9.17, 15) is 4.79 Å². The van der Waals surface area contributed by atoms with E-state index in [1.807, 2.05) is 13.8 Å². The van der Waals surface area contributed by atoms with Gasteiger partial charge in [-0.15, -0.1) is 0 Å². The minimum atomic E-state index is -0.278. The Hall–Kier alpha value is -0.650. The van der Waals surface area contributed by atoms with Gasteiger partial charge in [-0.25, -0.2) is 0 Å². The molecular weight excluding hydrogens is 218 g/mol. The molecule has 2 atom stereocenters. The Morgan fingerprint density at radius 3 is 2.82 bits per heavy atom. The number of ether oxygens (including phenoxy) is 1. The number of rotatable bonds is 6. The third-order valence-electron chi connectivity index (χ3n) is 3.12. The fourth-order valence-corrected chi connectivity index (χ4v) is 2.17. The van der Waals surface area contributed by atoms with Crippen molar-refractivity contribution in [3.63, 3.8) is 0 Å². The van der Waals surface area contributed by atoms with Crippen LogP contribution >= 0.6 is 0 Å². The van der Waals surface area contributed by atoms with E-state index in [0.717, 1.165) is 26.2 Å². The molecule has 0 aromatic rings. The third kappa shape index (κ3) is 4.61. The molecule has 1 saturated heterocycles. The molecule has 3 N–H and O–H groups in total. The molecule has 0 aliphatic carbocycles. The summed E-state index contributed by atoms with van der Waals surface area (Å²) in [5.74, 6) is -0.278. The fraction of sp³-hybridized carbons (Fsp3) is 0.917. The maximum atomic E-state index is 11.4. The van der Waals surface area contributed by atoms with Gasteiger partial charge in [0.25, 0.3) is 0 Å². The topological polar surface area (TPSA) is 67.6 Å². The molecule has 0 aromatic carbocycles. The van der Waals surface area contributed by atoms with Gasteiger partial charge in [-0.3, -0.25) is 9.69 Å². The Bertz CT molecular complexity index is 246. The molecular formula is C12H25N3O2. The van der Waals surface area contributed by atoms with Gasteiger partial charge in [0.2, 0.25) is 5.91 Å². The van der Waals surface area contributed by atoms with E-state index < -0.39 is 0 Å². The lowest BCUT2D eigenvalue weighted by atomic mass is 10.1. The molecule has 1 fully saturated rings. The van der Waals surface area contributed by atoms with Gasteiger partial charge in [0.1, 0.15) is 0 Å². The number of nitrogens with two attached hydrogens (primary N) is 1. The lowest BCUT2D eigenvalue weighted by Gasteiger charge is -2.37. The van der Waals surface area contributed by atoms with E-state index in [4.69, 9.17) is 10.5 Å². The number of nitrogens with one attached hydrogen (secondary N) is 1. The lowest BCUT2D eigenvalue weighted by Crippen LogP contribution is -2.55. The first-order valence-corrected chi connectivity index (χ1v) is 6.41. The number of hydrogen-bond acceptors (Lipinski definition) is 4. The Morgan fingerprint density at radius 1 is 1.59 bits per heavy atom. The molecule has 0 aromatic heterocycles. The van der Waals surface area contributed by atoms with Gasteiger partial charge < -0.3 is 15.8 Å². The summed E-state index contributed by atoms with van der Waals surface area (Å²) in [5, 5.41) is 3.21. The molecule has 2 unspecified atom stereocenters. The second-order valence-electron chi connectivity index (χ2n) is 4.91. The van der Waals surface area contributed by atoms with E-state index in [0.29, 0.717) is 12.6 Å². The highest BCUT2D eigenvalue weighted by atomic mass is 16.5. The number of carbonyl (C=O) groups is 1. The SMILES string of the molecule is CCC1COCCN1CC(NC(C)C)C(N)=O. The molecule has 1 aliphatic rings. The molecule has 17 heavy (non-hydrogen) atoms. The van der Waals surface area contributed by atoms with Crippen molar-refractivity contribution >= 4 is 5.91 Å². The number of amides is 1. The number of hydrogen-bond donors (Lipinski definition) is 2. The molecule has 1 heterocycles. The fourth-order valence-electron chi connectivity index (χ4n) is 2.17. The Balaban J connectivity index is 2.54. The number of carbonyl (C=O) groups excluding carboxylic acids is 1. The summed E-state index contributed by atoms with van der Waals surface area (Å²) in [4.78, 5) is 13.7. The highest BCUT2D eigenvalue weighted by Crippen LogP contribution is 2.10. The normalized spacial score (nSPS) is 23.9.